The Morgan fingerprint density at radius 1 is 1.35 bits per heavy atom. The first-order valence-electron chi connectivity index (χ1n) is 8.72. The van der Waals surface area contributed by atoms with Crippen LogP contribution < -0.4 is 4.74 Å². The van der Waals surface area contributed by atoms with Gasteiger partial charge >= 0.3 is 0 Å². The maximum atomic E-state index is 5.64. The minimum atomic E-state index is 0.509. The predicted molar refractivity (Wildman–Crippen MR) is 92.4 cm³/mol. The van der Waals surface area contributed by atoms with Crippen molar-refractivity contribution < 1.29 is 9.47 Å². The summed E-state index contributed by atoms with van der Waals surface area (Å²) in [6.07, 6.45) is 4.86. The molecule has 2 aliphatic heterocycles. The number of benzene rings is 1. The Balaban J connectivity index is 1.77. The van der Waals surface area contributed by atoms with Crippen molar-refractivity contribution in [3.8, 4) is 5.75 Å². The summed E-state index contributed by atoms with van der Waals surface area (Å²) < 4.78 is 11.1. The number of hydrogen-bond donors (Lipinski definition) is 1. The molecular weight excluding hydrogens is 288 g/mol. The second-order valence-electron chi connectivity index (χ2n) is 6.97. The van der Waals surface area contributed by atoms with Gasteiger partial charge in [-0.15, -0.1) is 0 Å². The van der Waals surface area contributed by atoms with Gasteiger partial charge in [-0.1, -0.05) is 0 Å². The standard InChI is InChI=1S/C19H26N2O2/c1-21-8-3-4-14(21)10-17-16-11-15(22-2)5-6-18(16)20-19(17)13-7-9-23-12-13/h5-6,11,13-14,20H,3-4,7-10,12H2,1-2H3/t13-,14-/m1/s1. The van der Waals surface area contributed by atoms with Crippen molar-refractivity contribution in [2.24, 2.45) is 0 Å². The van der Waals surface area contributed by atoms with E-state index in [-0.39, 0.29) is 0 Å². The highest BCUT2D eigenvalue weighted by molar-refractivity contribution is 5.86. The Morgan fingerprint density at radius 3 is 2.96 bits per heavy atom. The summed E-state index contributed by atoms with van der Waals surface area (Å²) in [4.78, 5) is 6.20. The third-order valence-electron chi connectivity index (χ3n) is 5.60. The number of aromatic nitrogens is 1. The van der Waals surface area contributed by atoms with Crippen LogP contribution in [0.5, 0.6) is 5.75 Å². The molecule has 4 heteroatoms. The Labute approximate surface area is 137 Å². The van der Waals surface area contributed by atoms with Gasteiger partial charge in [0.15, 0.2) is 0 Å². The first-order valence-corrected chi connectivity index (χ1v) is 8.72. The molecule has 2 atom stereocenters. The van der Waals surface area contributed by atoms with E-state index in [1.165, 1.54) is 41.5 Å². The molecule has 4 rings (SSSR count). The summed E-state index contributed by atoms with van der Waals surface area (Å²) in [5.74, 6) is 1.45. The molecule has 0 bridgehead atoms. The quantitative estimate of drug-likeness (QED) is 0.941. The molecule has 4 nitrogen and oxygen atoms in total. The van der Waals surface area contributed by atoms with Gasteiger partial charge < -0.3 is 19.4 Å². The van der Waals surface area contributed by atoms with Crippen LogP contribution in [0.4, 0.5) is 0 Å². The summed E-state index contributed by atoms with van der Waals surface area (Å²) in [5, 5.41) is 1.33. The van der Waals surface area contributed by atoms with Crippen molar-refractivity contribution in [1.29, 1.82) is 0 Å². The van der Waals surface area contributed by atoms with E-state index in [0.717, 1.165) is 31.8 Å². The topological polar surface area (TPSA) is 37.5 Å². The molecule has 2 aromatic rings. The van der Waals surface area contributed by atoms with Gasteiger partial charge in [-0.3, -0.25) is 0 Å². The molecule has 0 spiro atoms. The molecule has 1 aromatic carbocycles. The first kappa shape index (κ1) is 15.0. The highest BCUT2D eigenvalue weighted by Crippen LogP contribution is 2.36. The molecule has 0 amide bonds. The summed E-state index contributed by atoms with van der Waals surface area (Å²) in [6.45, 7) is 2.95. The van der Waals surface area contributed by atoms with Gasteiger partial charge in [0.1, 0.15) is 5.75 Å². The third-order valence-corrected chi connectivity index (χ3v) is 5.60. The highest BCUT2D eigenvalue weighted by atomic mass is 16.5. The zero-order valence-electron chi connectivity index (χ0n) is 14.1. The van der Waals surface area contributed by atoms with Crippen molar-refractivity contribution in [2.45, 2.75) is 37.6 Å². The van der Waals surface area contributed by atoms with E-state index in [1.54, 1.807) is 7.11 Å². The Bertz CT molecular complexity index is 688. The summed E-state index contributed by atoms with van der Waals surface area (Å²) >= 11 is 0. The van der Waals surface area contributed by atoms with Crippen molar-refractivity contribution >= 4 is 10.9 Å². The lowest BCUT2D eigenvalue weighted by molar-refractivity contribution is 0.193. The fourth-order valence-electron chi connectivity index (χ4n) is 4.18. The van der Waals surface area contributed by atoms with Crippen LogP contribution in [-0.2, 0) is 11.2 Å². The van der Waals surface area contributed by atoms with Gasteiger partial charge in [0.25, 0.3) is 0 Å². The fraction of sp³-hybridized carbons (Fsp3) is 0.579. The van der Waals surface area contributed by atoms with Gasteiger partial charge in [0, 0.05) is 35.2 Å². The molecule has 2 aliphatic rings. The minimum Gasteiger partial charge on any atom is -0.497 e. The lowest BCUT2D eigenvalue weighted by atomic mass is 9.94. The summed E-state index contributed by atoms with van der Waals surface area (Å²) in [6, 6.07) is 7.03. The largest absolute Gasteiger partial charge is 0.497 e. The molecule has 0 radical (unpaired) electrons. The lowest BCUT2D eigenvalue weighted by Gasteiger charge is -2.20. The normalized spacial score (nSPS) is 25.5. The average molecular weight is 314 g/mol. The SMILES string of the molecule is COc1ccc2[nH]c([C@@H]3CCOC3)c(C[C@H]3CCCN3C)c2c1. The number of H-pyrrole nitrogens is 1. The molecule has 2 fully saturated rings. The monoisotopic (exact) mass is 314 g/mol. The maximum absolute atomic E-state index is 5.64. The molecule has 0 aliphatic carbocycles. The molecular formula is C19H26N2O2. The van der Waals surface area contributed by atoms with E-state index in [2.05, 4.69) is 29.1 Å². The third kappa shape index (κ3) is 2.74. The van der Waals surface area contributed by atoms with Crippen LogP contribution in [-0.4, -0.2) is 49.8 Å². The van der Waals surface area contributed by atoms with Gasteiger partial charge in [-0.25, -0.2) is 0 Å². The molecule has 3 heterocycles. The molecule has 0 unspecified atom stereocenters. The van der Waals surface area contributed by atoms with E-state index >= 15 is 0 Å². The van der Waals surface area contributed by atoms with Crippen LogP contribution in [0.2, 0.25) is 0 Å². The number of ether oxygens (including phenoxy) is 2. The maximum Gasteiger partial charge on any atom is 0.119 e. The molecule has 1 N–H and O–H groups in total. The summed E-state index contributed by atoms with van der Waals surface area (Å²) in [7, 11) is 4.00. The van der Waals surface area contributed by atoms with Gasteiger partial charge in [0.2, 0.25) is 0 Å². The predicted octanol–water partition coefficient (Wildman–Crippen LogP) is 3.32. The smallest absolute Gasteiger partial charge is 0.119 e. The lowest BCUT2D eigenvalue weighted by Crippen LogP contribution is -2.27. The number of nitrogens with one attached hydrogen (secondary N) is 1. The van der Waals surface area contributed by atoms with Crippen LogP contribution in [0.3, 0.4) is 0 Å². The molecule has 0 saturated carbocycles. The van der Waals surface area contributed by atoms with Crippen molar-refractivity contribution in [3.63, 3.8) is 0 Å². The van der Waals surface area contributed by atoms with E-state index in [9.17, 15) is 0 Å². The van der Waals surface area contributed by atoms with Crippen molar-refractivity contribution in [2.75, 3.05) is 33.9 Å². The second kappa shape index (κ2) is 6.17. The van der Waals surface area contributed by atoms with Crippen molar-refractivity contribution in [3.05, 3.63) is 29.5 Å². The van der Waals surface area contributed by atoms with Crippen LogP contribution >= 0.6 is 0 Å². The van der Waals surface area contributed by atoms with Gasteiger partial charge in [-0.05, 0) is 63.0 Å². The molecule has 1 aromatic heterocycles. The number of nitrogens with zero attached hydrogens (tertiary/aromatic N) is 1. The number of rotatable bonds is 4. The Hall–Kier alpha value is -1.52. The average Bonchev–Trinajstić information content (AvgIpc) is 3.29. The summed E-state index contributed by atoms with van der Waals surface area (Å²) in [5.41, 5.74) is 4.10. The van der Waals surface area contributed by atoms with E-state index in [0.29, 0.717) is 12.0 Å². The highest BCUT2D eigenvalue weighted by Gasteiger charge is 2.28. The fourth-order valence-corrected chi connectivity index (χ4v) is 4.18. The first-order chi connectivity index (χ1) is 11.3. The number of fused-ring (bicyclic) bond motifs is 1. The van der Waals surface area contributed by atoms with Gasteiger partial charge in [0.05, 0.1) is 13.7 Å². The molecule has 2 saturated heterocycles. The Kier molecular flexibility index (Phi) is 4.04. The van der Waals surface area contributed by atoms with Crippen LogP contribution in [0.25, 0.3) is 10.9 Å². The number of aromatic amines is 1. The number of likely N-dealkylation sites (N-methyl/N-ethyl adjacent to an activating group) is 1. The zero-order chi connectivity index (χ0) is 15.8. The minimum absolute atomic E-state index is 0.509. The van der Waals surface area contributed by atoms with Crippen molar-refractivity contribution in [1.82, 2.24) is 9.88 Å². The van der Waals surface area contributed by atoms with Crippen LogP contribution in [0.15, 0.2) is 18.2 Å². The number of hydrogen-bond acceptors (Lipinski definition) is 3. The van der Waals surface area contributed by atoms with Crippen LogP contribution in [0.1, 0.15) is 36.4 Å². The van der Waals surface area contributed by atoms with E-state index in [4.69, 9.17) is 9.47 Å². The van der Waals surface area contributed by atoms with Gasteiger partial charge in [-0.2, -0.15) is 0 Å². The Morgan fingerprint density at radius 2 is 2.26 bits per heavy atom. The molecule has 124 valence electrons. The van der Waals surface area contributed by atoms with E-state index < -0.39 is 0 Å². The number of likely N-dealkylation sites (tertiary alicyclic amines) is 1. The second-order valence-corrected chi connectivity index (χ2v) is 6.97. The molecule has 23 heavy (non-hydrogen) atoms. The van der Waals surface area contributed by atoms with E-state index in [1.807, 2.05) is 6.07 Å². The number of methoxy groups -OCH3 is 1. The zero-order valence-corrected chi connectivity index (χ0v) is 14.1. The van der Waals surface area contributed by atoms with Crippen LogP contribution in [0, 0.1) is 0 Å².